The van der Waals surface area contributed by atoms with E-state index in [4.69, 9.17) is 16.6 Å². The Hall–Kier alpha value is -2.24. The number of hydrogen-bond acceptors (Lipinski definition) is 4. The number of anilines is 1. The van der Waals surface area contributed by atoms with Gasteiger partial charge >= 0.3 is 0 Å². The van der Waals surface area contributed by atoms with Crippen molar-refractivity contribution in [3.8, 4) is 0 Å². The van der Waals surface area contributed by atoms with Crippen molar-refractivity contribution in [3.63, 3.8) is 0 Å². The Morgan fingerprint density at radius 2 is 1.70 bits per heavy atom. The molecule has 0 aliphatic carbocycles. The van der Waals surface area contributed by atoms with Gasteiger partial charge in [-0.15, -0.1) is 0 Å². The van der Waals surface area contributed by atoms with Crippen LogP contribution in [0.4, 0.5) is 11.4 Å². The van der Waals surface area contributed by atoms with Gasteiger partial charge in [-0.05, 0) is 79.6 Å². The lowest BCUT2D eigenvalue weighted by Crippen LogP contribution is -2.32. The van der Waals surface area contributed by atoms with Crippen molar-refractivity contribution in [2.45, 2.75) is 27.7 Å². The summed E-state index contributed by atoms with van der Waals surface area (Å²) in [7, 11) is 0. The van der Waals surface area contributed by atoms with E-state index in [2.05, 4.69) is 56.9 Å². The largest absolute Gasteiger partial charge is 0.372 e. The maximum atomic E-state index is 13.1. The van der Waals surface area contributed by atoms with E-state index < -0.39 is 0 Å². The lowest BCUT2D eigenvalue weighted by Gasteiger charge is -2.20. The number of amides is 1. The summed E-state index contributed by atoms with van der Waals surface area (Å²) >= 11 is 7.41. The van der Waals surface area contributed by atoms with Gasteiger partial charge in [-0.2, -0.15) is 0 Å². The van der Waals surface area contributed by atoms with E-state index in [1.54, 1.807) is 4.90 Å². The van der Waals surface area contributed by atoms with Crippen molar-refractivity contribution in [2.75, 3.05) is 24.5 Å². The van der Waals surface area contributed by atoms with Crippen LogP contribution < -0.4 is 4.90 Å². The molecule has 1 saturated heterocycles. The van der Waals surface area contributed by atoms with Crippen molar-refractivity contribution in [1.82, 2.24) is 4.90 Å². The molecule has 1 fully saturated rings. The van der Waals surface area contributed by atoms with Crippen molar-refractivity contribution in [3.05, 3.63) is 64.0 Å². The number of benzene rings is 2. The quantitative estimate of drug-likeness (QED) is 0.463. The topological polar surface area (TPSA) is 35.9 Å². The van der Waals surface area contributed by atoms with Crippen LogP contribution in [0.1, 0.15) is 33.3 Å². The van der Waals surface area contributed by atoms with Crippen LogP contribution in [0, 0.1) is 5.92 Å². The number of thioether (sulfide) groups is 1. The Balaban J connectivity index is 1.88. The third kappa shape index (κ3) is 5.46. The molecule has 158 valence electrons. The number of halogens is 1. The summed E-state index contributed by atoms with van der Waals surface area (Å²) in [6, 6.07) is 15.7. The first-order chi connectivity index (χ1) is 14.4. The van der Waals surface area contributed by atoms with E-state index in [-0.39, 0.29) is 5.91 Å². The average molecular weight is 442 g/mol. The zero-order valence-corrected chi connectivity index (χ0v) is 19.5. The highest BCUT2D eigenvalue weighted by molar-refractivity contribution is 8.18. The molecule has 1 aliphatic rings. The maximum Gasteiger partial charge on any atom is 0.266 e. The van der Waals surface area contributed by atoms with Crippen LogP contribution in [0.25, 0.3) is 6.08 Å². The number of hydrogen-bond donors (Lipinski definition) is 0. The number of rotatable bonds is 7. The standard InChI is InChI=1S/C24H28ClN3OS/c1-5-27(6-2)21-13-7-18(8-14-21)15-22-23(29)28(16-17(3)4)24(30-22)26-20-11-9-19(25)10-12-20/h7-15,17H,5-6,16H2,1-4H3/b22-15-,26-24?. The molecule has 1 aliphatic heterocycles. The van der Waals surface area contributed by atoms with Gasteiger partial charge in [-0.25, -0.2) is 4.99 Å². The fourth-order valence-corrected chi connectivity index (χ4v) is 4.40. The molecule has 4 nitrogen and oxygen atoms in total. The molecule has 2 aromatic carbocycles. The van der Waals surface area contributed by atoms with Gasteiger partial charge in [0.2, 0.25) is 0 Å². The van der Waals surface area contributed by atoms with Gasteiger partial charge in [-0.1, -0.05) is 37.6 Å². The summed E-state index contributed by atoms with van der Waals surface area (Å²) in [6.07, 6.45) is 1.96. The molecule has 1 amide bonds. The Morgan fingerprint density at radius 3 is 2.27 bits per heavy atom. The van der Waals surface area contributed by atoms with E-state index in [0.717, 1.165) is 24.3 Å². The van der Waals surface area contributed by atoms with Crippen LogP contribution in [0.2, 0.25) is 5.02 Å². The van der Waals surface area contributed by atoms with Crippen LogP contribution in [0.5, 0.6) is 0 Å². The summed E-state index contributed by atoms with van der Waals surface area (Å²) in [5.41, 5.74) is 2.99. The van der Waals surface area contributed by atoms with Gasteiger partial charge in [0.05, 0.1) is 10.6 Å². The van der Waals surface area contributed by atoms with Crippen LogP contribution in [-0.4, -0.2) is 35.6 Å². The van der Waals surface area contributed by atoms with Crippen LogP contribution in [0.15, 0.2) is 58.4 Å². The van der Waals surface area contributed by atoms with Gasteiger partial charge in [0.15, 0.2) is 5.17 Å². The fourth-order valence-electron chi connectivity index (χ4n) is 3.27. The SMILES string of the molecule is CCN(CC)c1ccc(/C=C2\SC(=Nc3ccc(Cl)cc3)N(CC(C)C)C2=O)cc1. The van der Waals surface area contributed by atoms with E-state index in [9.17, 15) is 4.79 Å². The van der Waals surface area contributed by atoms with Crippen LogP contribution in [-0.2, 0) is 4.79 Å². The molecule has 30 heavy (non-hydrogen) atoms. The maximum absolute atomic E-state index is 13.1. The van der Waals surface area contributed by atoms with Crippen LogP contribution >= 0.6 is 23.4 Å². The molecule has 0 aromatic heterocycles. The molecule has 6 heteroatoms. The summed E-state index contributed by atoms with van der Waals surface area (Å²) in [5.74, 6) is 0.354. The van der Waals surface area contributed by atoms with Gasteiger partial charge in [0.1, 0.15) is 0 Å². The van der Waals surface area contributed by atoms with Crippen molar-refractivity contribution < 1.29 is 4.79 Å². The smallest absolute Gasteiger partial charge is 0.266 e. The average Bonchev–Trinajstić information content (AvgIpc) is 3.00. The molecule has 0 saturated carbocycles. The minimum Gasteiger partial charge on any atom is -0.372 e. The summed E-state index contributed by atoms with van der Waals surface area (Å²) in [4.78, 5) is 22.6. The van der Waals surface area contributed by atoms with E-state index in [0.29, 0.717) is 27.6 Å². The Bertz CT molecular complexity index is 932. The second-order valence-corrected chi connectivity index (χ2v) is 9.00. The molecule has 0 atom stereocenters. The van der Waals surface area contributed by atoms with Gasteiger partial charge < -0.3 is 4.90 Å². The fraction of sp³-hybridized carbons (Fsp3) is 0.333. The Morgan fingerprint density at radius 1 is 1.07 bits per heavy atom. The Kier molecular flexibility index (Phi) is 7.62. The third-order valence-corrected chi connectivity index (χ3v) is 6.07. The van der Waals surface area contributed by atoms with E-state index in [1.165, 1.54) is 17.4 Å². The zero-order valence-electron chi connectivity index (χ0n) is 17.9. The molecular formula is C24H28ClN3OS. The lowest BCUT2D eigenvalue weighted by molar-refractivity contribution is -0.122. The second-order valence-electron chi connectivity index (χ2n) is 7.55. The molecular weight excluding hydrogens is 414 g/mol. The molecule has 0 spiro atoms. The predicted octanol–water partition coefficient (Wildman–Crippen LogP) is 6.45. The number of carbonyl (C=O) groups excluding carboxylic acids is 1. The zero-order chi connectivity index (χ0) is 21.7. The molecule has 0 bridgehead atoms. The van der Waals surface area contributed by atoms with Crippen molar-refractivity contribution >= 4 is 51.9 Å². The molecule has 3 rings (SSSR count). The number of nitrogens with zero attached hydrogens (tertiary/aromatic N) is 3. The highest BCUT2D eigenvalue weighted by Gasteiger charge is 2.33. The lowest BCUT2D eigenvalue weighted by atomic mass is 10.1. The van der Waals surface area contributed by atoms with Gasteiger partial charge in [-0.3, -0.25) is 9.69 Å². The van der Waals surface area contributed by atoms with Gasteiger partial charge in [0.25, 0.3) is 5.91 Å². The van der Waals surface area contributed by atoms with Crippen molar-refractivity contribution in [1.29, 1.82) is 0 Å². The first-order valence-corrected chi connectivity index (χ1v) is 11.5. The predicted molar refractivity (Wildman–Crippen MR) is 131 cm³/mol. The van der Waals surface area contributed by atoms with Crippen LogP contribution in [0.3, 0.4) is 0 Å². The number of carbonyl (C=O) groups is 1. The highest BCUT2D eigenvalue weighted by Crippen LogP contribution is 2.35. The minimum absolute atomic E-state index is 0.00855. The summed E-state index contributed by atoms with van der Waals surface area (Å²) in [5, 5.41) is 1.38. The second kappa shape index (κ2) is 10.2. The number of aliphatic imine (C=N–C) groups is 1. The summed E-state index contributed by atoms with van der Waals surface area (Å²) < 4.78 is 0. The van der Waals surface area contributed by atoms with E-state index in [1.807, 2.05) is 30.3 Å². The summed E-state index contributed by atoms with van der Waals surface area (Å²) in [6.45, 7) is 11.1. The molecule has 0 N–H and O–H groups in total. The first kappa shape index (κ1) is 22.4. The normalized spacial score (nSPS) is 16.9. The Labute approximate surface area is 188 Å². The first-order valence-electron chi connectivity index (χ1n) is 10.3. The molecule has 0 radical (unpaired) electrons. The molecule has 2 aromatic rings. The van der Waals surface area contributed by atoms with Crippen molar-refractivity contribution in [2.24, 2.45) is 10.9 Å². The molecule has 0 unspecified atom stereocenters. The van der Waals surface area contributed by atoms with Gasteiger partial charge in [0, 0.05) is 30.3 Å². The monoisotopic (exact) mass is 441 g/mol. The highest BCUT2D eigenvalue weighted by atomic mass is 35.5. The number of amidine groups is 1. The molecule has 1 heterocycles. The minimum atomic E-state index is 0.00855. The third-order valence-electron chi connectivity index (χ3n) is 4.81. The van der Waals surface area contributed by atoms with E-state index >= 15 is 0 Å².